The van der Waals surface area contributed by atoms with Gasteiger partial charge in [-0.2, -0.15) is 0 Å². The predicted molar refractivity (Wildman–Crippen MR) is 60.7 cm³/mol. The number of hydrogen-bond acceptors (Lipinski definition) is 1. The van der Waals surface area contributed by atoms with E-state index in [1.165, 1.54) is 9.14 Å². The van der Waals surface area contributed by atoms with Crippen LogP contribution in [-0.4, -0.2) is 7.11 Å². The van der Waals surface area contributed by atoms with Crippen LogP contribution in [0.5, 0.6) is 5.75 Å². The lowest BCUT2D eigenvalue weighted by Crippen LogP contribution is -1.82. The van der Waals surface area contributed by atoms with Crippen molar-refractivity contribution in [3.63, 3.8) is 0 Å². The molecule has 0 radical (unpaired) electrons. The molecule has 0 saturated carbocycles. The summed E-state index contributed by atoms with van der Waals surface area (Å²) in [4.78, 5) is 0. The van der Waals surface area contributed by atoms with Crippen molar-refractivity contribution in [2.75, 3.05) is 7.11 Å². The van der Waals surface area contributed by atoms with E-state index in [-0.39, 0.29) is 0 Å². The molecule has 1 aromatic rings. The first-order chi connectivity index (χ1) is 5.72. The largest absolute Gasteiger partial charge is 0.497 e. The summed E-state index contributed by atoms with van der Waals surface area (Å²) < 4.78 is 6.37. The Morgan fingerprint density at radius 3 is 2.83 bits per heavy atom. The van der Waals surface area contributed by atoms with Crippen LogP contribution in [-0.2, 0) is 0 Å². The second-order valence-corrected chi connectivity index (χ2v) is 4.21. The molecule has 2 heteroatoms. The van der Waals surface area contributed by atoms with Crippen LogP contribution in [0, 0.1) is 0 Å². The van der Waals surface area contributed by atoms with Crippen LogP contribution >= 0.6 is 22.6 Å². The second-order valence-electron chi connectivity index (χ2n) is 2.51. The number of ether oxygens (including phenoxy) is 1. The van der Waals surface area contributed by atoms with Crippen LogP contribution in [0.1, 0.15) is 12.5 Å². The first-order valence-electron chi connectivity index (χ1n) is 3.70. The molecule has 0 aliphatic rings. The van der Waals surface area contributed by atoms with Gasteiger partial charge in [0.25, 0.3) is 0 Å². The van der Waals surface area contributed by atoms with Crippen molar-refractivity contribution < 1.29 is 4.74 Å². The van der Waals surface area contributed by atoms with E-state index in [1.54, 1.807) is 7.11 Å². The number of methoxy groups -OCH3 is 1. The van der Waals surface area contributed by atoms with Gasteiger partial charge in [0.1, 0.15) is 5.75 Å². The third-order valence-electron chi connectivity index (χ3n) is 1.46. The van der Waals surface area contributed by atoms with Crippen LogP contribution in [0.15, 0.2) is 27.8 Å². The molecule has 0 aliphatic heterocycles. The van der Waals surface area contributed by atoms with E-state index in [4.69, 9.17) is 4.74 Å². The standard InChI is InChI=1S/C10H11IO/c1-8(11)6-9-4-3-5-10(7-9)12-2/h3-7H,1-2H3/b8-6-. The minimum absolute atomic E-state index is 0.904. The van der Waals surface area contributed by atoms with Gasteiger partial charge in [-0.3, -0.25) is 0 Å². The first kappa shape index (κ1) is 9.58. The Bertz CT molecular complexity index is 288. The lowest BCUT2D eigenvalue weighted by molar-refractivity contribution is 0.414. The molecule has 64 valence electrons. The summed E-state index contributed by atoms with van der Waals surface area (Å²) in [5, 5.41) is 0. The monoisotopic (exact) mass is 274 g/mol. The molecular formula is C10H11IO. The van der Waals surface area contributed by atoms with Gasteiger partial charge in [0.05, 0.1) is 7.11 Å². The lowest BCUT2D eigenvalue weighted by atomic mass is 10.2. The molecule has 0 N–H and O–H groups in total. The number of allylic oxidation sites excluding steroid dienone is 1. The van der Waals surface area contributed by atoms with Gasteiger partial charge in [-0.25, -0.2) is 0 Å². The fourth-order valence-electron chi connectivity index (χ4n) is 0.961. The molecule has 1 nitrogen and oxygen atoms in total. The predicted octanol–water partition coefficient (Wildman–Crippen LogP) is 3.49. The van der Waals surface area contributed by atoms with Crippen molar-refractivity contribution >= 4 is 28.7 Å². The van der Waals surface area contributed by atoms with Gasteiger partial charge in [-0.15, -0.1) is 0 Å². The van der Waals surface area contributed by atoms with Crippen LogP contribution in [0.4, 0.5) is 0 Å². The zero-order chi connectivity index (χ0) is 8.97. The zero-order valence-electron chi connectivity index (χ0n) is 7.17. The molecule has 0 heterocycles. The minimum atomic E-state index is 0.904. The lowest BCUT2D eigenvalue weighted by Gasteiger charge is -1.99. The molecule has 12 heavy (non-hydrogen) atoms. The summed E-state index contributed by atoms with van der Waals surface area (Å²) in [6.45, 7) is 2.07. The number of hydrogen-bond donors (Lipinski definition) is 0. The first-order valence-corrected chi connectivity index (χ1v) is 4.78. The van der Waals surface area contributed by atoms with Crippen molar-refractivity contribution in [2.24, 2.45) is 0 Å². The summed E-state index contributed by atoms with van der Waals surface area (Å²) in [6, 6.07) is 8.01. The molecule has 0 bridgehead atoms. The van der Waals surface area contributed by atoms with E-state index in [0.717, 1.165) is 5.75 Å². The van der Waals surface area contributed by atoms with Crippen molar-refractivity contribution in [3.8, 4) is 5.75 Å². The Hall–Kier alpha value is -0.510. The molecule has 1 rings (SSSR count). The quantitative estimate of drug-likeness (QED) is 0.750. The summed E-state index contributed by atoms with van der Waals surface area (Å²) in [5.74, 6) is 0.904. The van der Waals surface area contributed by atoms with Gasteiger partial charge in [0.2, 0.25) is 0 Å². The highest BCUT2D eigenvalue weighted by molar-refractivity contribution is 14.1. The van der Waals surface area contributed by atoms with E-state index < -0.39 is 0 Å². The summed E-state index contributed by atoms with van der Waals surface area (Å²) in [6.07, 6.45) is 2.11. The van der Waals surface area contributed by atoms with Crippen molar-refractivity contribution in [2.45, 2.75) is 6.92 Å². The molecule has 0 atom stereocenters. The molecule has 0 aromatic heterocycles. The maximum Gasteiger partial charge on any atom is 0.119 e. The second kappa shape index (κ2) is 4.50. The maximum atomic E-state index is 5.10. The zero-order valence-corrected chi connectivity index (χ0v) is 9.33. The smallest absolute Gasteiger partial charge is 0.119 e. The normalized spacial score (nSPS) is 11.4. The van der Waals surface area contributed by atoms with Gasteiger partial charge < -0.3 is 4.74 Å². The summed E-state index contributed by atoms with van der Waals surface area (Å²) in [5.41, 5.74) is 1.18. The van der Waals surface area contributed by atoms with Gasteiger partial charge in [0, 0.05) is 0 Å². The van der Waals surface area contributed by atoms with Gasteiger partial charge in [-0.05, 0) is 56.9 Å². The Morgan fingerprint density at radius 1 is 1.50 bits per heavy atom. The number of halogens is 1. The molecule has 0 spiro atoms. The van der Waals surface area contributed by atoms with Gasteiger partial charge in [0.15, 0.2) is 0 Å². The molecule has 0 fully saturated rings. The molecule has 0 amide bonds. The summed E-state index contributed by atoms with van der Waals surface area (Å²) in [7, 11) is 1.68. The third kappa shape index (κ3) is 2.85. The Labute approximate surface area is 86.6 Å². The Morgan fingerprint density at radius 2 is 2.25 bits per heavy atom. The molecule has 0 unspecified atom stereocenters. The highest BCUT2D eigenvalue weighted by Crippen LogP contribution is 2.16. The van der Waals surface area contributed by atoms with E-state index >= 15 is 0 Å². The molecular weight excluding hydrogens is 263 g/mol. The average Bonchev–Trinajstić information content (AvgIpc) is 2.03. The topological polar surface area (TPSA) is 9.23 Å². The average molecular weight is 274 g/mol. The van der Waals surface area contributed by atoms with Crippen molar-refractivity contribution in [3.05, 3.63) is 33.4 Å². The van der Waals surface area contributed by atoms with Gasteiger partial charge in [-0.1, -0.05) is 12.1 Å². The Balaban J connectivity index is 2.94. The van der Waals surface area contributed by atoms with E-state index in [1.807, 2.05) is 18.2 Å². The molecule has 0 saturated heterocycles. The fourth-order valence-corrected chi connectivity index (χ4v) is 1.32. The Kier molecular flexibility index (Phi) is 3.59. The highest BCUT2D eigenvalue weighted by Gasteiger charge is 1.91. The highest BCUT2D eigenvalue weighted by atomic mass is 127. The SMILES string of the molecule is COc1cccc(/C=C(/C)I)c1. The van der Waals surface area contributed by atoms with Crippen LogP contribution in [0.25, 0.3) is 6.08 Å². The van der Waals surface area contributed by atoms with E-state index in [2.05, 4.69) is 41.7 Å². The van der Waals surface area contributed by atoms with E-state index in [0.29, 0.717) is 0 Å². The minimum Gasteiger partial charge on any atom is -0.497 e. The van der Waals surface area contributed by atoms with Crippen LogP contribution in [0.3, 0.4) is 0 Å². The fraction of sp³-hybridized carbons (Fsp3) is 0.200. The summed E-state index contributed by atoms with van der Waals surface area (Å²) >= 11 is 2.29. The third-order valence-corrected chi connectivity index (χ3v) is 1.77. The van der Waals surface area contributed by atoms with Crippen LogP contribution < -0.4 is 4.74 Å². The number of benzene rings is 1. The molecule has 0 aliphatic carbocycles. The van der Waals surface area contributed by atoms with Gasteiger partial charge >= 0.3 is 0 Å². The van der Waals surface area contributed by atoms with E-state index in [9.17, 15) is 0 Å². The van der Waals surface area contributed by atoms with Crippen LogP contribution in [0.2, 0.25) is 0 Å². The molecule has 1 aromatic carbocycles. The number of rotatable bonds is 2. The maximum absolute atomic E-state index is 5.10. The van der Waals surface area contributed by atoms with Crippen molar-refractivity contribution in [1.29, 1.82) is 0 Å². The van der Waals surface area contributed by atoms with Crippen molar-refractivity contribution in [1.82, 2.24) is 0 Å².